The second kappa shape index (κ2) is 3.56. The fourth-order valence-corrected chi connectivity index (χ4v) is 1.36. The molecule has 0 unspecified atom stereocenters. The van der Waals surface area contributed by atoms with E-state index in [-0.39, 0.29) is 5.69 Å². The monoisotopic (exact) mass is 205 g/mol. The van der Waals surface area contributed by atoms with Gasteiger partial charge >= 0.3 is 5.69 Å². The zero-order valence-corrected chi connectivity index (χ0v) is 8.32. The number of rotatable bonds is 3. The molecule has 2 aromatic heterocycles. The summed E-state index contributed by atoms with van der Waals surface area (Å²) in [5.74, 6) is 1.27. The number of hydrogen-bond acceptors (Lipinski definition) is 4. The van der Waals surface area contributed by atoms with E-state index in [0.29, 0.717) is 23.8 Å². The number of hydrogen-bond donors (Lipinski definition) is 2. The molecule has 0 bridgehead atoms. The maximum Gasteiger partial charge on any atom is 0.349 e. The highest BCUT2D eigenvalue weighted by molar-refractivity contribution is 5.49. The molecule has 0 amide bonds. The van der Waals surface area contributed by atoms with Gasteiger partial charge in [0.1, 0.15) is 11.6 Å². The van der Waals surface area contributed by atoms with Gasteiger partial charge in [0, 0.05) is 12.6 Å². The van der Waals surface area contributed by atoms with Crippen LogP contribution in [0.4, 0.5) is 5.82 Å². The molecule has 2 N–H and O–H groups in total. The number of aryl methyl sites for hydroxylation is 1. The van der Waals surface area contributed by atoms with E-state index in [2.05, 4.69) is 27.1 Å². The van der Waals surface area contributed by atoms with Gasteiger partial charge < -0.3 is 5.32 Å². The molecule has 0 aliphatic rings. The summed E-state index contributed by atoms with van der Waals surface area (Å²) in [6.45, 7) is 5.97. The first-order valence-corrected chi connectivity index (χ1v) is 4.52. The van der Waals surface area contributed by atoms with Crippen LogP contribution in [-0.4, -0.2) is 26.1 Å². The molecule has 0 spiro atoms. The minimum Gasteiger partial charge on any atom is -0.366 e. The van der Waals surface area contributed by atoms with Crippen molar-refractivity contribution >= 4 is 11.5 Å². The summed E-state index contributed by atoms with van der Waals surface area (Å²) in [5.41, 5.74) is 0.282. The molecule has 2 rings (SSSR count). The fraction of sp³-hybridized carbons (Fsp3) is 0.222. The van der Waals surface area contributed by atoms with Crippen molar-refractivity contribution in [2.45, 2.75) is 6.92 Å². The van der Waals surface area contributed by atoms with E-state index in [1.807, 2.05) is 0 Å². The van der Waals surface area contributed by atoms with Crippen LogP contribution in [0.5, 0.6) is 0 Å². The van der Waals surface area contributed by atoms with Crippen molar-refractivity contribution < 1.29 is 0 Å². The van der Waals surface area contributed by atoms with Crippen molar-refractivity contribution in [2.75, 3.05) is 11.9 Å². The Morgan fingerprint density at radius 2 is 2.53 bits per heavy atom. The molecule has 0 aromatic carbocycles. The third-order valence-electron chi connectivity index (χ3n) is 2.00. The van der Waals surface area contributed by atoms with Crippen LogP contribution in [0.1, 0.15) is 5.82 Å². The van der Waals surface area contributed by atoms with Crippen LogP contribution >= 0.6 is 0 Å². The second-order valence-electron chi connectivity index (χ2n) is 3.08. The first-order valence-electron chi connectivity index (χ1n) is 4.52. The van der Waals surface area contributed by atoms with E-state index in [1.54, 1.807) is 19.1 Å². The van der Waals surface area contributed by atoms with Crippen LogP contribution in [0.25, 0.3) is 5.65 Å². The Bertz CT molecular complexity index is 553. The van der Waals surface area contributed by atoms with Gasteiger partial charge in [0.25, 0.3) is 0 Å². The van der Waals surface area contributed by atoms with Crippen molar-refractivity contribution in [1.82, 2.24) is 19.6 Å². The number of aromatic nitrogens is 4. The molecular weight excluding hydrogens is 194 g/mol. The predicted molar refractivity (Wildman–Crippen MR) is 57.0 cm³/mol. The molecule has 78 valence electrons. The van der Waals surface area contributed by atoms with Crippen molar-refractivity contribution in [3.8, 4) is 0 Å². The number of H-pyrrole nitrogens is 1. The van der Waals surface area contributed by atoms with Crippen molar-refractivity contribution in [3.63, 3.8) is 0 Å². The van der Waals surface area contributed by atoms with E-state index < -0.39 is 0 Å². The van der Waals surface area contributed by atoms with Crippen LogP contribution in [0.3, 0.4) is 0 Å². The maximum atomic E-state index is 11.3. The molecule has 15 heavy (non-hydrogen) atoms. The minimum absolute atomic E-state index is 0.273. The Kier molecular flexibility index (Phi) is 2.24. The molecule has 2 heterocycles. The highest BCUT2D eigenvalue weighted by Crippen LogP contribution is 2.06. The second-order valence-corrected chi connectivity index (χ2v) is 3.08. The standard InChI is InChI=1S/C9H11N5O/c1-3-4-10-7-5-8-12-13-9(15)14(8)6(2)11-7/h3,5,10H,1,4H2,2H3,(H,13,15). The van der Waals surface area contributed by atoms with Gasteiger partial charge in [-0.1, -0.05) is 6.08 Å². The molecule has 0 saturated carbocycles. The number of aromatic amines is 1. The average Bonchev–Trinajstić information content (AvgIpc) is 2.58. The number of nitrogens with zero attached hydrogens (tertiary/aromatic N) is 3. The topological polar surface area (TPSA) is 75.1 Å². The molecule has 0 aliphatic carbocycles. The maximum absolute atomic E-state index is 11.3. The summed E-state index contributed by atoms with van der Waals surface area (Å²) in [6.07, 6.45) is 1.73. The molecule has 6 heteroatoms. The van der Waals surface area contributed by atoms with Crippen LogP contribution in [0.2, 0.25) is 0 Å². The Morgan fingerprint density at radius 1 is 1.73 bits per heavy atom. The first-order chi connectivity index (χ1) is 7.22. The number of anilines is 1. The van der Waals surface area contributed by atoms with Crippen molar-refractivity contribution in [2.24, 2.45) is 0 Å². The van der Waals surface area contributed by atoms with Crippen molar-refractivity contribution in [3.05, 3.63) is 35.0 Å². The molecule has 0 radical (unpaired) electrons. The Hall–Kier alpha value is -2.11. The molecular formula is C9H11N5O. The highest BCUT2D eigenvalue weighted by Gasteiger charge is 2.05. The molecule has 0 aliphatic heterocycles. The summed E-state index contributed by atoms with van der Waals surface area (Å²) in [6, 6.07) is 1.70. The molecule has 0 fully saturated rings. The third kappa shape index (κ3) is 1.61. The lowest BCUT2D eigenvalue weighted by Crippen LogP contribution is -2.14. The van der Waals surface area contributed by atoms with Gasteiger partial charge in [-0.3, -0.25) is 0 Å². The van der Waals surface area contributed by atoms with Crippen molar-refractivity contribution in [1.29, 1.82) is 0 Å². The summed E-state index contributed by atoms with van der Waals surface area (Å²) in [5, 5.41) is 9.28. The molecule has 6 nitrogen and oxygen atoms in total. The summed E-state index contributed by atoms with van der Waals surface area (Å²) in [4.78, 5) is 15.5. The van der Waals surface area contributed by atoms with Crippen LogP contribution in [0, 0.1) is 6.92 Å². The first kappa shape index (κ1) is 9.45. The smallest absolute Gasteiger partial charge is 0.349 e. The Labute approximate surface area is 85.7 Å². The zero-order valence-electron chi connectivity index (χ0n) is 8.32. The van der Waals surface area contributed by atoms with Crippen LogP contribution < -0.4 is 11.0 Å². The average molecular weight is 205 g/mol. The molecule has 0 atom stereocenters. The Balaban J connectivity index is 2.53. The highest BCUT2D eigenvalue weighted by atomic mass is 16.1. The number of nitrogens with one attached hydrogen (secondary N) is 2. The summed E-state index contributed by atoms with van der Waals surface area (Å²) >= 11 is 0. The number of fused-ring (bicyclic) bond motifs is 1. The van der Waals surface area contributed by atoms with E-state index in [0.717, 1.165) is 0 Å². The molecule has 2 aromatic rings. The van der Waals surface area contributed by atoms with E-state index >= 15 is 0 Å². The lowest BCUT2D eigenvalue weighted by atomic mass is 10.5. The van der Waals surface area contributed by atoms with Crippen LogP contribution in [0.15, 0.2) is 23.5 Å². The van der Waals surface area contributed by atoms with Gasteiger partial charge in [-0.2, -0.15) is 5.10 Å². The van der Waals surface area contributed by atoms with Crippen LogP contribution in [-0.2, 0) is 0 Å². The largest absolute Gasteiger partial charge is 0.366 e. The van der Waals surface area contributed by atoms with Gasteiger partial charge in [-0.25, -0.2) is 19.3 Å². The van der Waals surface area contributed by atoms with Gasteiger partial charge in [-0.05, 0) is 6.92 Å². The van der Waals surface area contributed by atoms with E-state index in [4.69, 9.17) is 0 Å². The van der Waals surface area contributed by atoms with Gasteiger partial charge in [0.2, 0.25) is 0 Å². The third-order valence-corrected chi connectivity index (χ3v) is 2.00. The quantitative estimate of drug-likeness (QED) is 0.708. The van der Waals surface area contributed by atoms with Gasteiger partial charge in [0.15, 0.2) is 5.65 Å². The molecule has 0 saturated heterocycles. The predicted octanol–water partition coefficient (Wildman–Crippen LogP) is 0.324. The minimum atomic E-state index is -0.273. The zero-order chi connectivity index (χ0) is 10.8. The van der Waals surface area contributed by atoms with E-state index in [1.165, 1.54) is 4.40 Å². The summed E-state index contributed by atoms with van der Waals surface area (Å²) in [7, 11) is 0. The van der Waals surface area contributed by atoms with Gasteiger partial charge in [0.05, 0.1) is 0 Å². The normalized spacial score (nSPS) is 10.5. The van der Waals surface area contributed by atoms with Gasteiger partial charge in [-0.15, -0.1) is 6.58 Å². The fourth-order valence-electron chi connectivity index (χ4n) is 1.36. The lowest BCUT2D eigenvalue weighted by molar-refractivity contribution is 0.935. The summed E-state index contributed by atoms with van der Waals surface area (Å²) < 4.78 is 1.42. The van der Waals surface area contributed by atoms with E-state index in [9.17, 15) is 4.79 Å². The lowest BCUT2D eigenvalue weighted by Gasteiger charge is -2.04. The SMILES string of the molecule is C=CCNc1cc2n[nH]c(=O)n2c(C)n1. The Morgan fingerprint density at radius 3 is 3.27 bits per heavy atom.